The first-order valence-electron chi connectivity index (χ1n) is 13.8. The van der Waals surface area contributed by atoms with Gasteiger partial charge in [0, 0.05) is 51.4 Å². The monoisotopic (exact) mass is 520 g/mol. The van der Waals surface area contributed by atoms with E-state index in [0.29, 0.717) is 30.7 Å². The zero-order valence-electron chi connectivity index (χ0n) is 21.9. The average molecular weight is 521 g/mol. The number of rotatable bonds is 4. The van der Waals surface area contributed by atoms with Gasteiger partial charge in [-0.3, -0.25) is 4.79 Å². The molecule has 3 aromatic carbocycles. The molecule has 2 bridgehead atoms. The van der Waals surface area contributed by atoms with Crippen molar-refractivity contribution in [1.82, 2.24) is 10.2 Å². The number of ether oxygens (including phenoxy) is 1. The van der Waals surface area contributed by atoms with Gasteiger partial charge < -0.3 is 15.0 Å². The molecule has 1 N–H and O–H groups in total. The molecule has 0 spiro atoms. The number of nitrogens with zero attached hydrogens (tertiary/aromatic N) is 1. The molecule has 0 saturated carbocycles. The number of carbonyl (C=O) groups excluding carboxylic acids is 1. The second kappa shape index (κ2) is 9.40. The summed E-state index contributed by atoms with van der Waals surface area (Å²) in [6.07, 6.45) is 4.63. The number of thiophene rings is 1. The van der Waals surface area contributed by atoms with Gasteiger partial charge >= 0.3 is 0 Å². The van der Waals surface area contributed by atoms with Crippen LogP contribution in [0.3, 0.4) is 0 Å². The first kappa shape index (κ1) is 23.7. The molecule has 2 saturated heterocycles. The molecule has 38 heavy (non-hydrogen) atoms. The van der Waals surface area contributed by atoms with E-state index in [0.717, 1.165) is 29.9 Å². The molecule has 2 fully saturated rings. The first-order valence-corrected chi connectivity index (χ1v) is 14.7. The Kier molecular flexibility index (Phi) is 5.86. The molecule has 4 aromatic rings. The molecule has 0 aliphatic carbocycles. The van der Waals surface area contributed by atoms with Crippen molar-refractivity contribution in [3.63, 3.8) is 0 Å². The van der Waals surface area contributed by atoms with Gasteiger partial charge in [0.2, 0.25) is 0 Å². The van der Waals surface area contributed by atoms with Crippen LogP contribution in [0.15, 0.2) is 72.3 Å². The molecule has 2 atom stereocenters. The molecule has 4 heterocycles. The summed E-state index contributed by atoms with van der Waals surface area (Å²) in [5.74, 6) is 1.73. The summed E-state index contributed by atoms with van der Waals surface area (Å²) in [6.45, 7) is 5.44. The Hall–Kier alpha value is -3.41. The lowest BCUT2D eigenvalue weighted by Crippen LogP contribution is -2.35. The van der Waals surface area contributed by atoms with Gasteiger partial charge in [-0.25, -0.2) is 0 Å². The van der Waals surface area contributed by atoms with Crippen LogP contribution in [0.4, 0.5) is 0 Å². The highest BCUT2D eigenvalue weighted by atomic mass is 32.1. The molecular formula is C33H32N2O2S. The van der Waals surface area contributed by atoms with Gasteiger partial charge in [0.25, 0.3) is 5.91 Å². The Morgan fingerprint density at radius 1 is 0.921 bits per heavy atom. The zero-order valence-corrected chi connectivity index (χ0v) is 22.7. The predicted octanol–water partition coefficient (Wildman–Crippen LogP) is 7.87. The summed E-state index contributed by atoms with van der Waals surface area (Å²) in [4.78, 5) is 16.3. The number of nitrogens with one attached hydrogen (secondary N) is 1. The summed E-state index contributed by atoms with van der Waals surface area (Å²) in [7, 11) is 0. The van der Waals surface area contributed by atoms with Crippen LogP contribution >= 0.6 is 11.3 Å². The zero-order chi connectivity index (χ0) is 25.8. The third-order valence-electron chi connectivity index (χ3n) is 8.40. The second-order valence-electron chi connectivity index (χ2n) is 10.7. The Balaban J connectivity index is 1.36. The molecule has 5 heteroatoms. The van der Waals surface area contributed by atoms with Crippen LogP contribution in [0.2, 0.25) is 0 Å². The first-order chi connectivity index (χ1) is 18.6. The summed E-state index contributed by atoms with van der Waals surface area (Å²) < 4.78 is 7.84. The fourth-order valence-electron chi connectivity index (χ4n) is 6.48. The topological polar surface area (TPSA) is 41.6 Å². The van der Waals surface area contributed by atoms with E-state index in [4.69, 9.17) is 4.74 Å². The van der Waals surface area contributed by atoms with Crippen molar-refractivity contribution in [2.24, 2.45) is 0 Å². The van der Waals surface area contributed by atoms with Crippen LogP contribution in [0.1, 0.15) is 61.0 Å². The van der Waals surface area contributed by atoms with Crippen LogP contribution in [0, 0.1) is 0 Å². The van der Waals surface area contributed by atoms with Crippen molar-refractivity contribution in [2.45, 2.75) is 51.6 Å². The summed E-state index contributed by atoms with van der Waals surface area (Å²) >= 11 is 1.84. The molecule has 1 amide bonds. The molecule has 3 aliphatic rings. The van der Waals surface area contributed by atoms with Gasteiger partial charge in [-0.2, -0.15) is 0 Å². The van der Waals surface area contributed by atoms with Crippen LogP contribution in [0.25, 0.3) is 26.1 Å². The van der Waals surface area contributed by atoms with Crippen LogP contribution in [-0.2, 0) is 0 Å². The fourth-order valence-corrected chi connectivity index (χ4v) is 7.54. The van der Waals surface area contributed by atoms with Crippen molar-refractivity contribution in [1.29, 1.82) is 0 Å². The van der Waals surface area contributed by atoms with E-state index in [2.05, 4.69) is 59.9 Å². The van der Waals surface area contributed by atoms with E-state index in [1.54, 1.807) is 0 Å². The number of amides is 1. The highest BCUT2D eigenvalue weighted by Gasteiger charge is 2.34. The SMILES string of the molecule is CCN(CC)C(=O)c1ccc2c(c1)Oc1ccc(-c3cc4ccccc4s3)cc1C2=C1CC2CCC(C1)N2. The third-order valence-corrected chi connectivity index (χ3v) is 9.57. The number of hydrogen-bond donors (Lipinski definition) is 1. The lowest BCUT2D eigenvalue weighted by Gasteiger charge is -2.31. The molecule has 192 valence electrons. The molecule has 2 unspecified atom stereocenters. The van der Waals surface area contributed by atoms with E-state index < -0.39 is 0 Å². The second-order valence-corrected chi connectivity index (χ2v) is 11.8. The minimum absolute atomic E-state index is 0.0569. The lowest BCUT2D eigenvalue weighted by molar-refractivity contribution is 0.0772. The van der Waals surface area contributed by atoms with Gasteiger partial charge in [-0.15, -0.1) is 11.3 Å². The lowest BCUT2D eigenvalue weighted by atomic mass is 9.83. The molecule has 3 aliphatic heterocycles. The number of fused-ring (bicyclic) bond motifs is 5. The average Bonchev–Trinajstić information content (AvgIpc) is 3.53. The van der Waals surface area contributed by atoms with Gasteiger partial charge in [0.1, 0.15) is 11.5 Å². The maximum Gasteiger partial charge on any atom is 0.253 e. The molecular weight excluding hydrogens is 488 g/mol. The van der Waals surface area contributed by atoms with Crippen molar-refractivity contribution >= 4 is 32.9 Å². The Bertz CT molecular complexity index is 1550. The van der Waals surface area contributed by atoms with E-state index >= 15 is 0 Å². The van der Waals surface area contributed by atoms with Gasteiger partial charge in [0.15, 0.2) is 0 Å². The molecule has 1 aromatic heterocycles. The smallest absolute Gasteiger partial charge is 0.253 e. The van der Waals surface area contributed by atoms with Crippen molar-refractivity contribution in [2.75, 3.05) is 13.1 Å². The third kappa shape index (κ3) is 3.96. The predicted molar refractivity (Wildman–Crippen MR) is 156 cm³/mol. The Morgan fingerprint density at radius 2 is 1.71 bits per heavy atom. The number of piperidine rings is 1. The molecule has 7 rings (SSSR count). The Labute approximate surface area is 227 Å². The highest BCUT2D eigenvalue weighted by Crippen LogP contribution is 2.49. The summed E-state index contributed by atoms with van der Waals surface area (Å²) in [5, 5.41) is 5.08. The standard InChI is InChI=1S/C33H32N2O2S/c1-3-35(4-2)33(36)22-9-13-26-29(18-22)37-28-14-10-21(31-19-20-7-5-6-8-30(20)38-31)17-27(28)32(26)23-15-24-11-12-25(16-23)34-24/h5-10,13-14,17-19,24-25,34H,3-4,11-12,15-16H2,1-2H3. The van der Waals surface area contributed by atoms with Gasteiger partial charge in [-0.05, 0) is 105 Å². The number of benzene rings is 3. The van der Waals surface area contributed by atoms with Gasteiger partial charge in [-0.1, -0.05) is 23.8 Å². The van der Waals surface area contributed by atoms with Crippen molar-refractivity contribution in [3.05, 3.63) is 89.0 Å². The van der Waals surface area contributed by atoms with E-state index in [1.807, 2.05) is 42.2 Å². The number of carbonyl (C=O) groups is 1. The highest BCUT2D eigenvalue weighted by molar-refractivity contribution is 7.22. The maximum atomic E-state index is 13.1. The van der Waals surface area contributed by atoms with Crippen LogP contribution in [-0.4, -0.2) is 36.0 Å². The molecule has 0 radical (unpaired) electrons. The summed E-state index contributed by atoms with van der Waals surface area (Å²) in [5.41, 5.74) is 7.01. The van der Waals surface area contributed by atoms with Crippen LogP contribution in [0.5, 0.6) is 11.5 Å². The maximum absolute atomic E-state index is 13.1. The van der Waals surface area contributed by atoms with Crippen molar-refractivity contribution in [3.8, 4) is 21.9 Å². The quantitative estimate of drug-likeness (QED) is 0.262. The minimum Gasteiger partial charge on any atom is -0.456 e. The van der Waals surface area contributed by atoms with Gasteiger partial charge in [0.05, 0.1) is 0 Å². The fraction of sp³-hybridized carbons (Fsp3) is 0.303. The van der Waals surface area contributed by atoms with Crippen molar-refractivity contribution < 1.29 is 9.53 Å². The van der Waals surface area contributed by atoms with E-state index in [1.165, 1.54) is 50.1 Å². The number of hydrogen-bond acceptors (Lipinski definition) is 4. The molecule has 4 nitrogen and oxygen atoms in total. The normalized spacial score (nSPS) is 19.7. The van der Waals surface area contributed by atoms with Crippen LogP contribution < -0.4 is 10.1 Å². The minimum atomic E-state index is 0.0569. The largest absolute Gasteiger partial charge is 0.456 e. The Morgan fingerprint density at radius 3 is 2.47 bits per heavy atom. The van der Waals surface area contributed by atoms with E-state index in [-0.39, 0.29) is 5.91 Å². The summed E-state index contributed by atoms with van der Waals surface area (Å²) in [6, 6.07) is 24.7. The van der Waals surface area contributed by atoms with E-state index in [9.17, 15) is 4.79 Å².